The van der Waals surface area contributed by atoms with Crippen LogP contribution in [0.2, 0.25) is 0 Å². The lowest BCUT2D eigenvalue weighted by Gasteiger charge is -2.11. The van der Waals surface area contributed by atoms with Crippen molar-refractivity contribution >= 4 is 34.6 Å². The number of hydrogen-bond acceptors (Lipinski definition) is 6. The van der Waals surface area contributed by atoms with Crippen molar-refractivity contribution in [1.82, 2.24) is 4.90 Å². The Labute approximate surface area is 140 Å². The lowest BCUT2D eigenvalue weighted by molar-refractivity contribution is -0.384. The van der Waals surface area contributed by atoms with Gasteiger partial charge in [-0.1, -0.05) is 6.92 Å². The Morgan fingerprint density at radius 3 is 2.50 bits per heavy atom. The maximum atomic E-state index is 12.3. The number of carbonyl (C=O) groups is 3. The van der Waals surface area contributed by atoms with Gasteiger partial charge in [0.25, 0.3) is 17.5 Å². The third kappa shape index (κ3) is 2.61. The number of Topliss-reactive ketones (excluding diaryl/α,β-unsaturated/α-hetero) is 1. The molecule has 0 saturated heterocycles. The summed E-state index contributed by atoms with van der Waals surface area (Å²) in [4.78, 5) is 49.5. The van der Waals surface area contributed by atoms with Crippen molar-refractivity contribution in [1.29, 1.82) is 0 Å². The van der Waals surface area contributed by atoms with Gasteiger partial charge in [-0.2, -0.15) is 0 Å². The van der Waals surface area contributed by atoms with Gasteiger partial charge < -0.3 is 0 Å². The zero-order valence-electron chi connectivity index (χ0n) is 12.6. The van der Waals surface area contributed by atoms with Crippen molar-refractivity contribution in [3.63, 3.8) is 0 Å². The second-order valence-electron chi connectivity index (χ2n) is 5.23. The molecule has 0 radical (unpaired) electrons. The van der Waals surface area contributed by atoms with Gasteiger partial charge in [-0.15, -0.1) is 11.3 Å². The first-order chi connectivity index (χ1) is 11.4. The number of ketones is 1. The molecule has 0 fully saturated rings. The molecule has 8 heteroatoms. The number of non-ortho nitro benzene ring substituents is 1. The summed E-state index contributed by atoms with van der Waals surface area (Å²) in [5.74, 6) is -1.62. The first-order valence-electron chi connectivity index (χ1n) is 7.19. The highest BCUT2D eigenvalue weighted by molar-refractivity contribution is 7.14. The molecule has 122 valence electrons. The zero-order chi connectivity index (χ0) is 17.4. The van der Waals surface area contributed by atoms with Crippen molar-refractivity contribution < 1.29 is 19.3 Å². The number of aryl methyl sites for hydroxylation is 1. The summed E-state index contributed by atoms with van der Waals surface area (Å²) < 4.78 is 0. The van der Waals surface area contributed by atoms with Gasteiger partial charge in [-0.25, -0.2) is 0 Å². The van der Waals surface area contributed by atoms with Crippen LogP contribution in [0.4, 0.5) is 5.69 Å². The minimum atomic E-state index is -0.681. The van der Waals surface area contributed by atoms with E-state index in [2.05, 4.69) is 0 Å². The van der Waals surface area contributed by atoms with Gasteiger partial charge in [0.15, 0.2) is 5.78 Å². The molecular weight excluding hydrogens is 332 g/mol. The number of thiophene rings is 1. The minimum absolute atomic E-state index is 0.0394. The molecular formula is C16H12N2O5S. The average Bonchev–Trinajstić information content (AvgIpc) is 3.14. The maximum Gasteiger partial charge on any atom is 0.270 e. The highest BCUT2D eigenvalue weighted by Gasteiger charge is 2.38. The van der Waals surface area contributed by atoms with Crippen LogP contribution in [0, 0.1) is 10.1 Å². The average molecular weight is 344 g/mol. The van der Waals surface area contributed by atoms with Gasteiger partial charge in [-0.3, -0.25) is 29.4 Å². The Kier molecular flexibility index (Phi) is 3.98. The van der Waals surface area contributed by atoms with E-state index in [1.807, 2.05) is 13.0 Å². The van der Waals surface area contributed by atoms with Gasteiger partial charge in [0, 0.05) is 17.0 Å². The molecule has 0 N–H and O–H groups in total. The molecule has 7 nitrogen and oxygen atoms in total. The van der Waals surface area contributed by atoms with Crippen LogP contribution in [0.1, 0.15) is 42.2 Å². The molecule has 0 aliphatic carbocycles. The van der Waals surface area contributed by atoms with E-state index in [9.17, 15) is 24.5 Å². The number of imide groups is 1. The van der Waals surface area contributed by atoms with Crippen molar-refractivity contribution in [3.8, 4) is 0 Å². The Balaban J connectivity index is 1.85. The number of amides is 2. The number of fused-ring (bicyclic) bond motifs is 1. The molecule has 24 heavy (non-hydrogen) atoms. The second-order valence-corrected chi connectivity index (χ2v) is 6.39. The van der Waals surface area contributed by atoms with Crippen LogP contribution in [0.15, 0.2) is 30.3 Å². The van der Waals surface area contributed by atoms with Gasteiger partial charge >= 0.3 is 0 Å². The minimum Gasteiger partial charge on any atom is -0.291 e. The highest BCUT2D eigenvalue weighted by atomic mass is 32.1. The van der Waals surface area contributed by atoms with Crippen molar-refractivity contribution in [3.05, 3.63) is 61.3 Å². The van der Waals surface area contributed by atoms with E-state index in [1.54, 1.807) is 6.07 Å². The molecule has 2 amide bonds. The molecule has 0 bridgehead atoms. The molecule has 0 spiro atoms. The summed E-state index contributed by atoms with van der Waals surface area (Å²) in [6.07, 6.45) is 0.800. The van der Waals surface area contributed by atoms with Crippen LogP contribution in [0.5, 0.6) is 0 Å². The topological polar surface area (TPSA) is 97.6 Å². The second kappa shape index (κ2) is 5.97. The quantitative estimate of drug-likeness (QED) is 0.359. The Bertz CT molecular complexity index is 886. The van der Waals surface area contributed by atoms with E-state index in [1.165, 1.54) is 23.5 Å². The van der Waals surface area contributed by atoms with Crippen molar-refractivity contribution in [2.75, 3.05) is 6.54 Å². The zero-order valence-corrected chi connectivity index (χ0v) is 13.5. The van der Waals surface area contributed by atoms with Crippen LogP contribution in [0.25, 0.3) is 0 Å². The smallest absolute Gasteiger partial charge is 0.270 e. The third-order valence-corrected chi connectivity index (χ3v) is 5.02. The number of hydrogen-bond donors (Lipinski definition) is 0. The number of benzene rings is 1. The SMILES string of the molecule is CCc1ccc(C(=O)CN2C(=O)c3ccc([N+](=O)[O-])cc3C2=O)s1. The van der Waals surface area contributed by atoms with Crippen LogP contribution < -0.4 is 0 Å². The lowest BCUT2D eigenvalue weighted by atomic mass is 10.1. The summed E-state index contributed by atoms with van der Waals surface area (Å²) in [5.41, 5.74) is -0.227. The number of carbonyl (C=O) groups excluding carboxylic acids is 3. The fourth-order valence-corrected chi connectivity index (χ4v) is 3.35. The number of nitro benzene ring substituents is 1. The predicted octanol–water partition coefficient (Wildman–Crippen LogP) is 2.70. The van der Waals surface area contributed by atoms with E-state index >= 15 is 0 Å². The Hall–Kier alpha value is -2.87. The van der Waals surface area contributed by atoms with E-state index in [0.29, 0.717) is 4.88 Å². The van der Waals surface area contributed by atoms with E-state index in [0.717, 1.165) is 22.3 Å². The normalized spacial score (nSPS) is 13.3. The summed E-state index contributed by atoms with van der Waals surface area (Å²) >= 11 is 1.33. The van der Waals surface area contributed by atoms with Crippen LogP contribution in [-0.4, -0.2) is 34.0 Å². The molecule has 1 aromatic carbocycles. The molecule has 1 aliphatic rings. The monoisotopic (exact) mass is 344 g/mol. The fourth-order valence-electron chi connectivity index (χ4n) is 2.48. The molecule has 2 heterocycles. The molecule has 1 aromatic heterocycles. The van der Waals surface area contributed by atoms with Gasteiger partial charge in [0.2, 0.25) is 0 Å². The molecule has 0 atom stereocenters. The van der Waals surface area contributed by atoms with Gasteiger partial charge in [0.1, 0.15) is 0 Å². The van der Waals surface area contributed by atoms with E-state index < -0.39 is 16.7 Å². The molecule has 0 unspecified atom stereocenters. The van der Waals surface area contributed by atoms with Gasteiger partial charge in [-0.05, 0) is 24.6 Å². The first kappa shape index (κ1) is 16.0. The lowest BCUT2D eigenvalue weighted by Crippen LogP contribution is -2.34. The van der Waals surface area contributed by atoms with Crippen LogP contribution in [0.3, 0.4) is 0 Å². The molecule has 1 aliphatic heterocycles. The van der Waals surface area contributed by atoms with Crippen LogP contribution >= 0.6 is 11.3 Å². The summed E-state index contributed by atoms with van der Waals surface area (Å²) in [6, 6.07) is 7.00. The fraction of sp³-hybridized carbons (Fsp3) is 0.188. The Morgan fingerprint density at radius 2 is 1.88 bits per heavy atom. The van der Waals surface area contributed by atoms with E-state index in [4.69, 9.17) is 0 Å². The van der Waals surface area contributed by atoms with Crippen molar-refractivity contribution in [2.45, 2.75) is 13.3 Å². The summed E-state index contributed by atoms with van der Waals surface area (Å²) in [6.45, 7) is 1.60. The highest BCUT2D eigenvalue weighted by Crippen LogP contribution is 2.27. The molecule has 0 saturated carbocycles. The number of nitro groups is 1. The summed E-state index contributed by atoms with van der Waals surface area (Å²) in [7, 11) is 0. The third-order valence-electron chi connectivity index (χ3n) is 3.75. The van der Waals surface area contributed by atoms with Crippen LogP contribution in [-0.2, 0) is 6.42 Å². The standard InChI is InChI=1S/C16H12N2O5S/c1-2-10-4-6-14(24-10)13(19)8-17-15(20)11-5-3-9(18(22)23)7-12(11)16(17)21/h3-7H,2,8H2,1H3. The molecule has 2 aromatic rings. The number of rotatable bonds is 5. The predicted molar refractivity (Wildman–Crippen MR) is 86.5 cm³/mol. The largest absolute Gasteiger partial charge is 0.291 e. The Morgan fingerprint density at radius 1 is 1.17 bits per heavy atom. The van der Waals surface area contributed by atoms with Gasteiger partial charge in [0.05, 0.1) is 27.5 Å². The van der Waals surface area contributed by atoms with Crippen molar-refractivity contribution in [2.24, 2.45) is 0 Å². The maximum absolute atomic E-state index is 12.3. The number of nitrogens with zero attached hydrogens (tertiary/aromatic N) is 2. The molecule has 3 rings (SSSR count). The van der Waals surface area contributed by atoms with E-state index in [-0.39, 0.29) is 29.1 Å². The summed E-state index contributed by atoms with van der Waals surface area (Å²) in [5, 5.41) is 10.8. The first-order valence-corrected chi connectivity index (χ1v) is 8.00.